The molecule has 0 saturated carbocycles. The Labute approximate surface area is 123 Å². The number of hydrogen-bond acceptors (Lipinski definition) is 6. The van der Waals surface area contributed by atoms with E-state index in [9.17, 15) is 10.1 Å². The van der Waals surface area contributed by atoms with Gasteiger partial charge in [-0.3, -0.25) is 10.1 Å². The summed E-state index contributed by atoms with van der Waals surface area (Å²) in [6, 6.07) is 3.20. The second kappa shape index (κ2) is 6.99. The number of likely N-dealkylation sites (tertiary alicyclic amines) is 1. The van der Waals surface area contributed by atoms with E-state index < -0.39 is 4.92 Å². The van der Waals surface area contributed by atoms with Crippen molar-refractivity contribution in [3.05, 3.63) is 27.9 Å². The van der Waals surface area contributed by atoms with Gasteiger partial charge in [0.1, 0.15) is 11.6 Å². The van der Waals surface area contributed by atoms with Crippen LogP contribution in [0.15, 0.2) is 12.3 Å². The van der Waals surface area contributed by atoms with Crippen LogP contribution in [-0.2, 0) is 0 Å². The summed E-state index contributed by atoms with van der Waals surface area (Å²) in [5, 5.41) is 23.1. The third kappa shape index (κ3) is 3.67. The number of piperidine rings is 1. The number of rotatable bonds is 5. The van der Waals surface area contributed by atoms with Crippen molar-refractivity contribution in [2.75, 3.05) is 31.5 Å². The molecule has 0 aromatic carbocycles. The van der Waals surface area contributed by atoms with Crippen LogP contribution >= 0.6 is 0 Å². The monoisotopic (exact) mass is 289 g/mol. The van der Waals surface area contributed by atoms with Gasteiger partial charge in [0.2, 0.25) is 5.82 Å². The van der Waals surface area contributed by atoms with Crippen molar-refractivity contribution >= 4 is 11.5 Å². The molecule has 7 nitrogen and oxygen atoms in total. The van der Waals surface area contributed by atoms with Crippen molar-refractivity contribution in [2.45, 2.75) is 19.8 Å². The van der Waals surface area contributed by atoms with Gasteiger partial charge in [0.15, 0.2) is 0 Å². The Morgan fingerprint density at radius 3 is 2.86 bits per heavy atom. The number of nitrogens with one attached hydrogen (secondary N) is 1. The van der Waals surface area contributed by atoms with Crippen LogP contribution in [0.1, 0.15) is 25.3 Å². The Balaban J connectivity index is 2.01. The molecule has 0 amide bonds. The summed E-state index contributed by atoms with van der Waals surface area (Å²) >= 11 is 0. The lowest BCUT2D eigenvalue weighted by Crippen LogP contribution is -2.35. The van der Waals surface area contributed by atoms with Crippen LogP contribution in [0.3, 0.4) is 0 Å². The molecule has 0 unspecified atom stereocenters. The molecule has 21 heavy (non-hydrogen) atoms. The molecule has 0 bridgehead atoms. The van der Waals surface area contributed by atoms with E-state index in [1.54, 1.807) is 0 Å². The molecule has 1 aromatic rings. The second-order valence-corrected chi connectivity index (χ2v) is 5.18. The molecule has 1 saturated heterocycles. The highest BCUT2D eigenvalue weighted by molar-refractivity contribution is 5.64. The van der Waals surface area contributed by atoms with Crippen LogP contribution in [0.2, 0.25) is 0 Å². The van der Waals surface area contributed by atoms with Crippen molar-refractivity contribution in [1.82, 2.24) is 9.88 Å². The molecule has 7 heteroatoms. The van der Waals surface area contributed by atoms with E-state index in [4.69, 9.17) is 5.26 Å². The fourth-order valence-electron chi connectivity index (χ4n) is 2.61. The molecule has 1 aliphatic rings. The van der Waals surface area contributed by atoms with Crippen molar-refractivity contribution in [3.8, 4) is 6.07 Å². The Morgan fingerprint density at radius 2 is 2.29 bits per heavy atom. The number of nitrogens with zero attached hydrogens (tertiary/aromatic N) is 4. The number of pyridine rings is 1. The Hall–Kier alpha value is -2.20. The third-order valence-corrected chi connectivity index (χ3v) is 3.94. The maximum Gasteiger partial charge on any atom is 0.328 e. The van der Waals surface area contributed by atoms with Gasteiger partial charge in [0.05, 0.1) is 4.92 Å². The molecule has 2 rings (SSSR count). The van der Waals surface area contributed by atoms with Gasteiger partial charge in [0.25, 0.3) is 0 Å². The number of aromatic nitrogens is 1. The van der Waals surface area contributed by atoms with Crippen LogP contribution in [0.4, 0.5) is 11.5 Å². The SMILES string of the molecule is CCN1CCC(CNc2nccc(C#N)c2[N+](=O)[O-])CC1. The molecule has 0 spiro atoms. The summed E-state index contributed by atoms with van der Waals surface area (Å²) in [4.78, 5) is 17.0. The second-order valence-electron chi connectivity index (χ2n) is 5.18. The number of hydrogen-bond donors (Lipinski definition) is 1. The lowest BCUT2D eigenvalue weighted by atomic mass is 9.97. The average Bonchev–Trinajstić information content (AvgIpc) is 2.52. The molecular weight excluding hydrogens is 270 g/mol. The zero-order chi connectivity index (χ0) is 15.2. The Morgan fingerprint density at radius 1 is 1.57 bits per heavy atom. The van der Waals surface area contributed by atoms with Crippen molar-refractivity contribution in [2.24, 2.45) is 5.92 Å². The van der Waals surface area contributed by atoms with Gasteiger partial charge in [-0.2, -0.15) is 5.26 Å². The van der Waals surface area contributed by atoms with Crippen LogP contribution < -0.4 is 5.32 Å². The first kappa shape index (κ1) is 15.2. The van der Waals surface area contributed by atoms with Gasteiger partial charge in [-0.25, -0.2) is 4.98 Å². The maximum absolute atomic E-state index is 11.1. The maximum atomic E-state index is 11.1. The van der Waals surface area contributed by atoms with E-state index >= 15 is 0 Å². The lowest BCUT2D eigenvalue weighted by Gasteiger charge is -2.31. The molecule has 2 heterocycles. The van der Waals surface area contributed by atoms with E-state index in [1.165, 1.54) is 12.3 Å². The molecule has 0 aliphatic carbocycles. The molecule has 1 aliphatic heterocycles. The molecule has 1 aromatic heterocycles. The van der Waals surface area contributed by atoms with E-state index in [0.717, 1.165) is 32.5 Å². The minimum Gasteiger partial charge on any atom is -0.364 e. The highest BCUT2D eigenvalue weighted by atomic mass is 16.6. The smallest absolute Gasteiger partial charge is 0.328 e. The molecule has 112 valence electrons. The minimum absolute atomic E-state index is 0.0401. The average molecular weight is 289 g/mol. The van der Waals surface area contributed by atoms with E-state index in [0.29, 0.717) is 12.5 Å². The number of nitro groups is 1. The first-order valence-electron chi connectivity index (χ1n) is 7.15. The van der Waals surface area contributed by atoms with Gasteiger partial charge in [-0.15, -0.1) is 0 Å². The van der Waals surface area contributed by atoms with E-state index in [-0.39, 0.29) is 17.1 Å². The summed E-state index contributed by atoms with van der Waals surface area (Å²) in [6.07, 6.45) is 3.58. The standard InChI is InChI=1S/C14H19N5O2/c1-2-18-7-4-11(5-8-18)10-17-14-13(19(20)21)12(9-15)3-6-16-14/h3,6,11H,2,4-5,7-8,10H2,1H3,(H,16,17). The highest BCUT2D eigenvalue weighted by Crippen LogP contribution is 2.26. The van der Waals surface area contributed by atoms with Gasteiger partial charge < -0.3 is 10.2 Å². The summed E-state index contributed by atoms with van der Waals surface area (Å²) in [6.45, 7) is 6.00. The topological polar surface area (TPSA) is 95.1 Å². The first-order valence-corrected chi connectivity index (χ1v) is 7.15. The van der Waals surface area contributed by atoms with Gasteiger partial charge >= 0.3 is 5.69 Å². The van der Waals surface area contributed by atoms with Crippen molar-refractivity contribution in [3.63, 3.8) is 0 Å². The Kier molecular flexibility index (Phi) is 5.06. The normalized spacial score (nSPS) is 16.4. The summed E-state index contributed by atoms with van der Waals surface area (Å²) < 4.78 is 0. The van der Waals surface area contributed by atoms with Crippen molar-refractivity contribution < 1.29 is 4.92 Å². The van der Waals surface area contributed by atoms with Crippen LogP contribution in [-0.4, -0.2) is 41.0 Å². The molecular formula is C14H19N5O2. The predicted octanol–water partition coefficient (Wildman–Crippen LogP) is 2.01. The molecule has 0 atom stereocenters. The first-order chi connectivity index (χ1) is 10.2. The fourth-order valence-corrected chi connectivity index (χ4v) is 2.61. The van der Waals surface area contributed by atoms with Crippen molar-refractivity contribution in [1.29, 1.82) is 5.26 Å². The summed E-state index contributed by atoms with van der Waals surface area (Å²) in [5.41, 5.74) is -0.190. The Bertz CT molecular complexity index is 547. The van der Waals surface area contributed by atoms with E-state index in [1.807, 2.05) is 6.07 Å². The summed E-state index contributed by atoms with van der Waals surface area (Å²) in [7, 11) is 0. The largest absolute Gasteiger partial charge is 0.364 e. The van der Waals surface area contributed by atoms with Crippen LogP contribution in [0.25, 0.3) is 0 Å². The fraction of sp³-hybridized carbons (Fsp3) is 0.571. The number of anilines is 1. The van der Waals surface area contributed by atoms with Crippen LogP contribution in [0.5, 0.6) is 0 Å². The van der Waals surface area contributed by atoms with E-state index in [2.05, 4.69) is 22.1 Å². The van der Waals surface area contributed by atoms with Gasteiger partial charge in [-0.05, 0) is 44.5 Å². The van der Waals surface area contributed by atoms with Crippen LogP contribution in [0, 0.1) is 27.4 Å². The third-order valence-electron chi connectivity index (χ3n) is 3.94. The number of nitriles is 1. The van der Waals surface area contributed by atoms with Gasteiger partial charge in [0, 0.05) is 12.7 Å². The summed E-state index contributed by atoms with van der Waals surface area (Å²) in [5.74, 6) is 0.678. The quantitative estimate of drug-likeness (QED) is 0.658. The van der Waals surface area contributed by atoms with Gasteiger partial charge in [-0.1, -0.05) is 6.92 Å². The lowest BCUT2D eigenvalue weighted by molar-refractivity contribution is -0.384. The molecule has 0 radical (unpaired) electrons. The predicted molar refractivity (Wildman–Crippen MR) is 78.9 cm³/mol. The molecule has 1 N–H and O–H groups in total. The highest BCUT2D eigenvalue weighted by Gasteiger charge is 2.23. The zero-order valence-electron chi connectivity index (χ0n) is 12.1. The minimum atomic E-state index is -0.548. The molecule has 1 fully saturated rings. The zero-order valence-corrected chi connectivity index (χ0v) is 12.1.